The highest BCUT2D eigenvalue weighted by molar-refractivity contribution is 14.0. The Morgan fingerprint density at radius 2 is 1.92 bits per heavy atom. The third kappa shape index (κ3) is 6.20. The summed E-state index contributed by atoms with van der Waals surface area (Å²) >= 11 is 0. The van der Waals surface area contributed by atoms with Gasteiger partial charge in [0.2, 0.25) is 0 Å². The van der Waals surface area contributed by atoms with Crippen molar-refractivity contribution in [2.24, 2.45) is 4.99 Å². The summed E-state index contributed by atoms with van der Waals surface area (Å²) in [5.74, 6) is 0.770. The summed E-state index contributed by atoms with van der Waals surface area (Å²) in [6.07, 6.45) is 0. The van der Waals surface area contributed by atoms with E-state index in [0.29, 0.717) is 12.1 Å². The van der Waals surface area contributed by atoms with Gasteiger partial charge < -0.3 is 10.6 Å². The molecule has 0 aliphatic rings. The average molecular weight is 434 g/mol. The van der Waals surface area contributed by atoms with E-state index in [1.54, 1.807) is 6.07 Å². The molecule has 0 amide bonds. The standard InChI is InChI=1S/C19H22N4.HI/c1-3-21-19(23-15(2)18-10-5-4-6-11-18)22-14-17-9-7-8-16(12-17)13-20;/h4-12,15H,3,14H2,1-2H3,(H2,21,22,23);1H. The van der Waals surface area contributed by atoms with E-state index in [-0.39, 0.29) is 30.0 Å². The first-order valence-corrected chi connectivity index (χ1v) is 7.81. The van der Waals surface area contributed by atoms with Gasteiger partial charge in [-0.3, -0.25) is 0 Å². The molecule has 2 N–H and O–H groups in total. The van der Waals surface area contributed by atoms with Gasteiger partial charge in [-0.05, 0) is 37.1 Å². The van der Waals surface area contributed by atoms with Gasteiger partial charge in [-0.2, -0.15) is 5.26 Å². The van der Waals surface area contributed by atoms with Crippen LogP contribution in [-0.4, -0.2) is 12.5 Å². The lowest BCUT2D eigenvalue weighted by molar-refractivity contribution is 0.686. The third-order valence-corrected chi connectivity index (χ3v) is 3.47. The summed E-state index contributed by atoms with van der Waals surface area (Å²) in [6, 6.07) is 20.1. The molecule has 0 bridgehead atoms. The van der Waals surface area contributed by atoms with E-state index in [1.807, 2.05) is 43.3 Å². The number of nitrogens with one attached hydrogen (secondary N) is 2. The highest BCUT2D eigenvalue weighted by Gasteiger charge is 2.07. The maximum atomic E-state index is 8.96. The van der Waals surface area contributed by atoms with Crippen molar-refractivity contribution >= 4 is 29.9 Å². The van der Waals surface area contributed by atoms with Gasteiger partial charge in [0.25, 0.3) is 0 Å². The van der Waals surface area contributed by atoms with E-state index in [4.69, 9.17) is 5.26 Å². The number of hydrogen-bond donors (Lipinski definition) is 2. The van der Waals surface area contributed by atoms with Gasteiger partial charge in [0.15, 0.2) is 5.96 Å². The van der Waals surface area contributed by atoms with E-state index >= 15 is 0 Å². The van der Waals surface area contributed by atoms with E-state index in [1.165, 1.54) is 5.56 Å². The molecule has 1 atom stereocenters. The van der Waals surface area contributed by atoms with Crippen LogP contribution in [0.15, 0.2) is 59.6 Å². The molecule has 2 rings (SSSR count). The van der Waals surface area contributed by atoms with Crippen LogP contribution < -0.4 is 10.6 Å². The molecule has 126 valence electrons. The van der Waals surface area contributed by atoms with Crippen molar-refractivity contribution in [3.05, 3.63) is 71.3 Å². The van der Waals surface area contributed by atoms with Crippen molar-refractivity contribution in [3.63, 3.8) is 0 Å². The number of halogens is 1. The number of nitrogens with zero attached hydrogens (tertiary/aromatic N) is 2. The molecule has 1 unspecified atom stereocenters. The van der Waals surface area contributed by atoms with Crippen molar-refractivity contribution in [1.29, 1.82) is 5.26 Å². The van der Waals surface area contributed by atoms with Crippen LogP contribution in [0.1, 0.15) is 36.6 Å². The number of rotatable bonds is 5. The molecule has 0 aromatic heterocycles. The zero-order chi connectivity index (χ0) is 16.5. The SMILES string of the molecule is CCNC(=NCc1cccc(C#N)c1)NC(C)c1ccccc1.I. The van der Waals surface area contributed by atoms with Crippen LogP contribution in [0.3, 0.4) is 0 Å². The van der Waals surface area contributed by atoms with Crippen molar-refractivity contribution in [3.8, 4) is 6.07 Å². The van der Waals surface area contributed by atoms with Crippen LogP contribution in [0.25, 0.3) is 0 Å². The summed E-state index contributed by atoms with van der Waals surface area (Å²) < 4.78 is 0. The van der Waals surface area contributed by atoms with E-state index in [2.05, 4.69) is 40.8 Å². The Morgan fingerprint density at radius 1 is 1.17 bits per heavy atom. The van der Waals surface area contributed by atoms with Gasteiger partial charge in [0.05, 0.1) is 24.2 Å². The Morgan fingerprint density at radius 3 is 2.58 bits per heavy atom. The number of nitriles is 1. The minimum absolute atomic E-state index is 0. The Hall–Kier alpha value is -2.07. The molecule has 24 heavy (non-hydrogen) atoms. The minimum Gasteiger partial charge on any atom is -0.357 e. The van der Waals surface area contributed by atoms with Crippen molar-refractivity contribution in [2.45, 2.75) is 26.4 Å². The fourth-order valence-electron chi connectivity index (χ4n) is 2.26. The second-order valence-corrected chi connectivity index (χ2v) is 5.28. The molecule has 0 aliphatic carbocycles. The second-order valence-electron chi connectivity index (χ2n) is 5.28. The quantitative estimate of drug-likeness (QED) is 0.425. The maximum absolute atomic E-state index is 8.96. The third-order valence-electron chi connectivity index (χ3n) is 3.47. The molecular weight excluding hydrogens is 411 g/mol. The Kier molecular flexibility index (Phi) is 8.87. The average Bonchev–Trinajstić information content (AvgIpc) is 2.60. The predicted octanol–water partition coefficient (Wildman–Crippen LogP) is 3.99. The summed E-state index contributed by atoms with van der Waals surface area (Å²) in [4.78, 5) is 4.61. The van der Waals surface area contributed by atoms with Gasteiger partial charge in [0, 0.05) is 6.54 Å². The number of guanidine groups is 1. The molecule has 4 nitrogen and oxygen atoms in total. The van der Waals surface area contributed by atoms with Gasteiger partial charge in [-0.25, -0.2) is 4.99 Å². The smallest absolute Gasteiger partial charge is 0.192 e. The fourth-order valence-corrected chi connectivity index (χ4v) is 2.26. The molecule has 2 aromatic rings. The van der Waals surface area contributed by atoms with Gasteiger partial charge in [0.1, 0.15) is 0 Å². The first kappa shape index (κ1) is 20.0. The van der Waals surface area contributed by atoms with Crippen LogP contribution in [0.5, 0.6) is 0 Å². The van der Waals surface area contributed by atoms with E-state index in [0.717, 1.165) is 18.1 Å². The summed E-state index contributed by atoms with van der Waals surface area (Å²) in [5.41, 5.74) is 2.89. The maximum Gasteiger partial charge on any atom is 0.192 e. The first-order valence-electron chi connectivity index (χ1n) is 7.81. The Labute approximate surface area is 161 Å². The van der Waals surface area contributed by atoms with Crippen molar-refractivity contribution < 1.29 is 0 Å². The zero-order valence-corrected chi connectivity index (χ0v) is 16.3. The number of benzene rings is 2. The minimum atomic E-state index is 0. The fraction of sp³-hybridized carbons (Fsp3) is 0.263. The van der Waals surface area contributed by atoms with Gasteiger partial charge in [-0.1, -0.05) is 42.5 Å². The molecular formula is C19H23IN4. The number of aliphatic imine (C=N–C) groups is 1. The van der Waals surface area contributed by atoms with E-state index < -0.39 is 0 Å². The lowest BCUT2D eigenvalue weighted by Crippen LogP contribution is -2.38. The zero-order valence-electron chi connectivity index (χ0n) is 14.0. The van der Waals surface area contributed by atoms with Crippen molar-refractivity contribution in [1.82, 2.24) is 10.6 Å². The van der Waals surface area contributed by atoms with Gasteiger partial charge in [-0.15, -0.1) is 24.0 Å². The molecule has 0 fully saturated rings. The number of hydrogen-bond acceptors (Lipinski definition) is 2. The lowest BCUT2D eigenvalue weighted by Gasteiger charge is -2.18. The summed E-state index contributed by atoms with van der Waals surface area (Å²) in [5, 5.41) is 15.6. The normalized spacial score (nSPS) is 11.8. The molecule has 0 spiro atoms. The highest BCUT2D eigenvalue weighted by Crippen LogP contribution is 2.11. The Bertz CT molecular complexity index is 692. The predicted molar refractivity (Wildman–Crippen MR) is 109 cm³/mol. The van der Waals surface area contributed by atoms with Crippen LogP contribution in [-0.2, 0) is 6.54 Å². The molecule has 0 aliphatic heterocycles. The topological polar surface area (TPSA) is 60.2 Å². The van der Waals surface area contributed by atoms with Crippen LogP contribution in [0.2, 0.25) is 0 Å². The molecule has 0 saturated heterocycles. The van der Waals surface area contributed by atoms with Crippen molar-refractivity contribution in [2.75, 3.05) is 6.54 Å². The first-order chi connectivity index (χ1) is 11.2. The molecule has 0 radical (unpaired) electrons. The van der Waals surface area contributed by atoms with E-state index in [9.17, 15) is 0 Å². The molecule has 0 heterocycles. The summed E-state index contributed by atoms with van der Waals surface area (Å²) in [6.45, 7) is 5.48. The Balaban J connectivity index is 0.00000288. The summed E-state index contributed by atoms with van der Waals surface area (Å²) in [7, 11) is 0. The van der Waals surface area contributed by atoms with Crippen LogP contribution >= 0.6 is 24.0 Å². The van der Waals surface area contributed by atoms with Gasteiger partial charge >= 0.3 is 0 Å². The second kappa shape index (κ2) is 10.7. The molecule has 2 aromatic carbocycles. The molecule has 0 saturated carbocycles. The largest absolute Gasteiger partial charge is 0.357 e. The lowest BCUT2D eigenvalue weighted by atomic mass is 10.1. The molecule has 5 heteroatoms. The highest BCUT2D eigenvalue weighted by atomic mass is 127. The monoisotopic (exact) mass is 434 g/mol. The van der Waals surface area contributed by atoms with Crippen LogP contribution in [0.4, 0.5) is 0 Å². The van der Waals surface area contributed by atoms with Crippen LogP contribution in [0, 0.1) is 11.3 Å².